The summed E-state index contributed by atoms with van der Waals surface area (Å²) in [6.07, 6.45) is 0. The molecule has 2 heterocycles. The van der Waals surface area contributed by atoms with Crippen LogP contribution in [0.3, 0.4) is 0 Å². The summed E-state index contributed by atoms with van der Waals surface area (Å²) < 4.78 is 15.3. The number of carbonyl (C=O) groups is 3. The van der Waals surface area contributed by atoms with Gasteiger partial charge in [-0.1, -0.05) is 0 Å². The third-order valence-corrected chi connectivity index (χ3v) is 5.92. The molecule has 162 valence electrons. The maximum atomic E-state index is 12.3. The van der Waals surface area contributed by atoms with Gasteiger partial charge in [0.05, 0.1) is 19.9 Å². The minimum absolute atomic E-state index is 0.246. The van der Waals surface area contributed by atoms with Crippen molar-refractivity contribution in [2.45, 2.75) is 6.92 Å². The number of methoxy groups -OCH3 is 2. The van der Waals surface area contributed by atoms with Crippen molar-refractivity contribution >= 4 is 40.5 Å². The summed E-state index contributed by atoms with van der Waals surface area (Å²) in [6, 6.07) is 6.46. The van der Waals surface area contributed by atoms with Crippen LogP contribution < -0.4 is 20.3 Å². The summed E-state index contributed by atoms with van der Waals surface area (Å²) >= 11 is 2.73. The van der Waals surface area contributed by atoms with E-state index in [1.807, 2.05) is 16.8 Å². The molecule has 0 saturated carbocycles. The summed E-state index contributed by atoms with van der Waals surface area (Å²) in [5.41, 5.74) is 6.14. The van der Waals surface area contributed by atoms with Crippen LogP contribution in [0.4, 0.5) is 0 Å². The number of thiazole rings is 1. The number of hydrogen-bond donors (Lipinski definition) is 2. The number of carbonyl (C=O) groups excluding carboxylic acids is 3. The highest BCUT2D eigenvalue weighted by Crippen LogP contribution is 2.30. The zero-order valence-electron chi connectivity index (χ0n) is 16.9. The van der Waals surface area contributed by atoms with Gasteiger partial charge < -0.3 is 14.2 Å². The van der Waals surface area contributed by atoms with Crippen molar-refractivity contribution in [3.05, 3.63) is 51.2 Å². The molecule has 2 N–H and O–H groups in total. The van der Waals surface area contributed by atoms with Crippen molar-refractivity contribution in [2.24, 2.45) is 0 Å². The van der Waals surface area contributed by atoms with Crippen LogP contribution in [0.1, 0.15) is 25.7 Å². The van der Waals surface area contributed by atoms with Gasteiger partial charge in [-0.2, -0.15) is 11.3 Å². The Labute approximate surface area is 185 Å². The van der Waals surface area contributed by atoms with Crippen LogP contribution in [0, 0.1) is 6.92 Å². The Morgan fingerprint density at radius 1 is 1.06 bits per heavy atom. The number of thiophene rings is 1. The molecule has 0 aliphatic heterocycles. The maximum absolute atomic E-state index is 12.3. The molecule has 0 unspecified atom stereocenters. The third-order valence-electron chi connectivity index (χ3n) is 4.05. The van der Waals surface area contributed by atoms with Crippen molar-refractivity contribution in [1.82, 2.24) is 15.8 Å². The Kier molecular flexibility index (Phi) is 7.21. The fourth-order valence-corrected chi connectivity index (χ4v) is 4.18. The highest BCUT2D eigenvalue weighted by molar-refractivity contribution is 7.17. The molecule has 0 saturated heterocycles. The average Bonchev–Trinajstić information content (AvgIpc) is 3.45. The van der Waals surface area contributed by atoms with E-state index in [2.05, 4.69) is 15.8 Å². The van der Waals surface area contributed by atoms with Crippen LogP contribution in [0.15, 0.2) is 35.0 Å². The number of nitrogens with zero attached hydrogens (tertiary/aromatic N) is 1. The van der Waals surface area contributed by atoms with E-state index < -0.39 is 24.4 Å². The SMILES string of the molecule is COc1ccc(C(=O)NNC(=O)COC(=O)c2sc(-c3ccsc3)nc2C)cc1OC. The first-order chi connectivity index (χ1) is 14.9. The van der Waals surface area contributed by atoms with E-state index in [0.29, 0.717) is 27.1 Å². The van der Waals surface area contributed by atoms with Gasteiger partial charge in [-0.05, 0) is 36.6 Å². The molecule has 31 heavy (non-hydrogen) atoms. The van der Waals surface area contributed by atoms with E-state index >= 15 is 0 Å². The lowest BCUT2D eigenvalue weighted by atomic mass is 10.2. The van der Waals surface area contributed by atoms with E-state index in [1.54, 1.807) is 13.0 Å². The molecule has 0 aliphatic carbocycles. The standard InChI is InChI=1S/C20H19N3O6S2/c1-11-17(31-19(21-11)13-6-7-30-10-13)20(26)29-9-16(24)22-23-18(25)12-4-5-14(27-2)15(8-12)28-3/h4-8,10H,9H2,1-3H3,(H,22,24)(H,23,25). The van der Waals surface area contributed by atoms with Crippen molar-refractivity contribution < 1.29 is 28.6 Å². The number of hydrogen-bond acceptors (Lipinski definition) is 9. The molecule has 9 nitrogen and oxygen atoms in total. The fraction of sp³-hybridized carbons (Fsp3) is 0.200. The molecule has 3 aromatic rings. The molecule has 0 aliphatic rings. The summed E-state index contributed by atoms with van der Waals surface area (Å²) in [5, 5.41) is 4.56. The van der Waals surface area contributed by atoms with E-state index in [1.165, 1.54) is 49.0 Å². The van der Waals surface area contributed by atoms with E-state index in [0.717, 1.165) is 5.56 Å². The first-order valence-electron chi connectivity index (χ1n) is 8.91. The van der Waals surface area contributed by atoms with Crippen molar-refractivity contribution in [3.8, 4) is 22.1 Å². The summed E-state index contributed by atoms with van der Waals surface area (Å²) in [7, 11) is 2.93. The number of aryl methyl sites for hydroxylation is 1. The lowest BCUT2D eigenvalue weighted by Gasteiger charge is -2.10. The van der Waals surface area contributed by atoms with Gasteiger partial charge in [0.25, 0.3) is 11.8 Å². The second kappa shape index (κ2) is 10.0. The molecular weight excluding hydrogens is 442 g/mol. The topological polar surface area (TPSA) is 116 Å². The number of benzene rings is 1. The van der Waals surface area contributed by atoms with Crippen LogP contribution in [-0.4, -0.2) is 43.6 Å². The van der Waals surface area contributed by atoms with Crippen molar-refractivity contribution in [3.63, 3.8) is 0 Å². The molecule has 3 rings (SSSR count). The third kappa shape index (κ3) is 5.38. The minimum atomic E-state index is -0.692. The van der Waals surface area contributed by atoms with Crippen LogP contribution in [0.25, 0.3) is 10.6 Å². The van der Waals surface area contributed by atoms with Gasteiger partial charge in [0, 0.05) is 16.5 Å². The van der Waals surface area contributed by atoms with Gasteiger partial charge in [-0.15, -0.1) is 11.3 Å². The number of aromatic nitrogens is 1. The molecule has 11 heteroatoms. The zero-order chi connectivity index (χ0) is 22.4. The number of rotatable bonds is 7. The molecule has 2 aromatic heterocycles. The monoisotopic (exact) mass is 461 g/mol. The first kappa shape index (κ1) is 22.2. The quantitative estimate of drug-likeness (QED) is 0.411. The molecule has 1 aromatic carbocycles. The molecule has 0 fully saturated rings. The highest BCUT2D eigenvalue weighted by Gasteiger charge is 2.19. The van der Waals surface area contributed by atoms with Gasteiger partial charge >= 0.3 is 5.97 Å². The number of esters is 1. The van der Waals surface area contributed by atoms with Crippen molar-refractivity contribution in [1.29, 1.82) is 0 Å². The van der Waals surface area contributed by atoms with Crippen LogP contribution in [-0.2, 0) is 9.53 Å². The average molecular weight is 462 g/mol. The lowest BCUT2D eigenvalue weighted by Crippen LogP contribution is -2.43. The summed E-state index contributed by atoms with van der Waals surface area (Å²) in [5.74, 6) is -1.08. The smallest absolute Gasteiger partial charge is 0.350 e. The van der Waals surface area contributed by atoms with E-state index in [4.69, 9.17) is 14.2 Å². The summed E-state index contributed by atoms with van der Waals surface area (Å²) in [4.78, 5) is 41.1. The van der Waals surface area contributed by atoms with E-state index in [9.17, 15) is 14.4 Å². The normalized spacial score (nSPS) is 10.3. The minimum Gasteiger partial charge on any atom is -0.493 e. The maximum Gasteiger partial charge on any atom is 0.350 e. The largest absolute Gasteiger partial charge is 0.493 e. The second-order valence-corrected chi connectivity index (χ2v) is 7.87. The number of nitrogens with one attached hydrogen (secondary N) is 2. The van der Waals surface area contributed by atoms with Crippen molar-refractivity contribution in [2.75, 3.05) is 20.8 Å². The second-order valence-electron chi connectivity index (χ2n) is 6.09. The van der Waals surface area contributed by atoms with Gasteiger partial charge in [0.2, 0.25) is 0 Å². The van der Waals surface area contributed by atoms with Gasteiger partial charge in [-0.25, -0.2) is 9.78 Å². The molecule has 0 spiro atoms. The summed E-state index contributed by atoms with van der Waals surface area (Å²) in [6.45, 7) is 1.14. The lowest BCUT2D eigenvalue weighted by molar-refractivity contribution is -0.125. The van der Waals surface area contributed by atoms with E-state index in [-0.39, 0.29) is 5.56 Å². The molecule has 0 atom stereocenters. The molecular formula is C20H19N3O6S2. The van der Waals surface area contributed by atoms with Gasteiger partial charge in [-0.3, -0.25) is 20.4 Å². The van der Waals surface area contributed by atoms with Gasteiger partial charge in [0.15, 0.2) is 18.1 Å². The number of amides is 2. The number of hydrazine groups is 1. The Balaban J connectivity index is 1.51. The Morgan fingerprint density at radius 2 is 1.84 bits per heavy atom. The van der Waals surface area contributed by atoms with Crippen LogP contribution in [0.2, 0.25) is 0 Å². The zero-order valence-corrected chi connectivity index (χ0v) is 18.5. The molecule has 0 radical (unpaired) electrons. The van der Waals surface area contributed by atoms with Crippen LogP contribution in [0.5, 0.6) is 11.5 Å². The first-order valence-corrected chi connectivity index (χ1v) is 10.7. The fourth-order valence-electron chi connectivity index (χ4n) is 2.50. The Bertz CT molecular complexity index is 1090. The van der Waals surface area contributed by atoms with Crippen LogP contribution >= 0.6 is 22.7 Å². The van der Waals surface area contributed by atoms with Gasteiger partial charge in [0.1, 0.15) is 9.88 Å². The Hall–Kier alpha value is -3.44. The molecule has 2 amide bonds. The number of ether oxygens (including phenoxy) is 3. The molecule has 0 bridgehead atoms. The highest BCUT2D eigenvalue weighted by atomic mass is 32.1. The Morgan fingerprint density at radius 3 is 2.52 bits per heavy atom. The predicted molar refractivity (Wildman–Crippen MR) is 116 cm³/mol. The predicted octanol–water partition coefficient (Wildman–Crippen LogP) is 2.82.